The third-order valence-electron chi connectivity index (χ3n) is 3.46. The molecule has 0 aliphatic carbocycles. The van der Waals surface area contributed by atoms with Gasteiger partial charge in [-0.1, -0.05) is 19.9 Å². The summed E-state index contributed by atoms with van der Waals surface area (Å²) in [6.45, 7) is 6.93. The fraction of sp³-hybridized carbons (Fsp3) is 0.462. The number of hydrogen-bond donors (Lipinski definition) is 1. The van der Waals surface area contributed by atoms with Crippen molar-refractivity contribution in [2.45, 2.75) is 32.7 Å². The lowest BCUT2D eigenvalue weighted by molar-refractivity contribution is -0.384. The van der Waals surface area contributed by atoms with Crippen molar-refractivity contribution in [1.82, 2.24) is 10.3 Å². The zero-order valence-corrected chi connectivity index (χ0v) is 12.0. The van der Waals surface area contributed by atoms with E-state index < -0.39 is 0 Å². The molecule has 0 aliphatic heterocycles. The van der Waals surface area contributed by atoms with Gasteiger partial charge in [-0.2, -0.15) is 0 Å². The second-order valence-corrected chi connectivity index (χ2v) is 5.48. The molecule has 0 amide bonds. The number of benzene rings is 1. The molecule has 0 saturated carbocycles. The molecule has 0 spiro atoms. The van der Waals surface area contributed by atoms with Crippen LogP contribution in [0.25, 0.3) is 10.2 Å². The van der Waals surface area contributed by atoms with Crippen LogP contribution in [0.2, 0.25) is 0 Å². The molecular weight excluding hydrogens is 262 g/mol. The van der Waals surface area contributed by atoms with Gasteiger partial charge in [0.05, 0.1) is 15.1 Å². The summed E-state index contributed by atoms with van der Waals surface area (Å²) in [5.41, 5.74) is 3.05. The number of nitro groups is 1. The third-order valence-corrected chi connectivity index (χ3v) is 4.25. The summed E-state index contributed by atoms with van der Waals surface area (Å²) < 4.78 is 0.860. The molecule has 2 unspecified atom stereocenters. The zero-order valence-electron chi connectivity index (χ0n) is 11.2. The normalized spacial score (nSPS) is 14.5. The van der Waals surface area contributed by atoms with Crippen LogP contribution in [0.4, 0.5) is 5.69 Å². The number of likely N-dealkylation sites (N-methyl/N-ethyl adjacent to an activating group) is 1. The predicted molar refractivity (Wildman–Crippen MR) is 77.8 cm³/mol. The lowest BCUT2D eigenvalue weighted by Crippen LogP contribution is -2.30. The number of nitrogens with zero attached hydrogens (tertiary/aromatic N) is 2. The Morgan fingerprint density at radius 3 is 2.84 bits per heavy atom. The summed E-state index contributed by atoms with van der Waals surface area (Å²) in [7, 11) is 0. The standard InChI is InChI=1S/C13H17N3O2S/c1-4-14-9(3)8(2)10-5-6-11-12(15-7-19-11)13(10)16(17)18/h5-9,14H,4H2,1-3H3. The summed E-state index contributed by atoms with van der Waals surface area (Å²) in [5, 5.41) is 14.7. The van der Waals surface area contributed by atoms with Crippen molar-refractivity contribution in [3.63, 3.8) is 0 Å². The Balaban J connectivity index is 2.53. The molecule has 1 aromatic carbocycles. The number of nitrogens with one attached hydrogen (secondary N) is 1. The molecule has 6 heteroatoms. The minimum atomic E-state index is -0.313. The maximum absolute atomic E-state index is 11.4. The molecule has 2 aromatic rings. The summed E-state index contributed by atoms with van der Waals surface area (Å²) in [6.07, 6.45) is 0. The number of hydrogen-bond acceptors (Lipinski definition) is 5. The van der Waals surface area contributed by atoms with Crippen LogP contribution in [-0.4, -0.2) is 22.5 Å². The molecule has 0 bridgehead atoms. The molecule has 0 saturated heterocycles. The fourth-order valence-electron chi connectivity index (χ4n) is 2.26. The van der Waals surface area contributed by atoms with Gasteiger partial charge in [0.2, 0.25) is 0 Å². The molecule has 2 atom stereocenters. The van der Waals surface area contributed by atoms with Gasteiger partial charge in [0, 0.05) is 17.5 Å². The van der Waals surface area contributed by atoms with E-state index in [4.69, 9.17) is 0 Å². The Morgan fingerprint density at radius 1 is 1.47 bits per heavy atom. The Morgan fingerprint density at radius 2 is 2.21 bits per heavy atom. The van der Waals surface area contributed by atoms with Gasteiger partial charge in [-0.05, 0) is 19.5 Å². The van der Waals surface area contributed by atoms with Gasteiger partial charge >= 0.3 is 0 Å². The molecule has 102 valence electrons. The highest BCUT2D eigenvalue weighted by molar-refractivity contribution is 7.16. The molecule has 1 aromatic heterocycles. The molecule has 2 rings (SSSR count). The quantitative estimate of drug-likeness (QED) is 0.673. The van der Waals surface area contributed by atoms with Crippen LogP contribution in [0.1, 0.15) is 32.3 Å². The van der Waals surface area contributed by atoms with E-state index in [-0.39, 0.29) is 22.6 Å². The van der Waals surface area contributed by atoms with Crippen molar-refractivity contribution in [3.8, 4) is 0 Å². The molecule has 1 heterocycles. The minimum absolute atomic E-state index is 0.0615. The van der Waals surface area contributed by atoms with Gasteiger partial charge in [0.25, 0.3) is 5.69 Å². The van der Waals surface area contributed by atoms with Crippen LogP contribution in [0.5, 0.6) is 0 Å². The number of rotatable bonds is 5. The SMILES string of the molecule is CCNC(C)C(C)c1ccc2scnc2c1[N+](=O)[O-]. The number of aromatic nitrogens is 1. The Labute approximate surface area is 115 Å². The first-order chi connectivity index (χ1) is 9.06. The number of nitro benzene ring substituents is 1. The van der Waals surface area contributed by atoms with Crippen molar-refractivity contribution in [1.29, 1.82) is 0 Å². The zero-order chi connectivity index (χ0) is 14.0. The van der Waals surface area contributed by atoms with E-state index in [9.17, 15) is 10.1 Å². The molecular formula is C13H17N3O2S. The summed E-state index contributed by atoms with van der Waals surface area (Å²) in [5.74, 6) is 0.0615. The van der Waals surface area contributed by atoms with Crippen LogP contribution in [0.3, 0.4) is 0 Å². The maximum Gasteiger partial charge on any atom is 0.299 e. The van der Waals surface area contributed by atoms with E-state index in [0.29, 0.717) is 5.52 Å². The topological polar surface area (TPSA) is 68.1 Å². The molecule has 0 aliphatic rings. The lowest BCUT2D eigenvalue weighted by atomic mass is 9.92. The lowest BCUT2D eigenvalue weighted by Gasteiger charge is -2.20. The van der Waals surface area contributed by atoms with Gasteiger partial charge in [-0.3, -0.25) is 10.1 Å². The van der Waals surface area contributed by atoms with Crippen LogP contribution in [-0.2, 0) is 0 Å². The van der Waals surface area contributed by atoms with Gasteiger partial charge in [0.15, 0.2) is 5.52 Å². The van der Waals surface area contributed by atoms with E-state index in [0.717, 1.165) is 16.8 Å². The molecule has 0 radical (unpaired) electrons. The third kappa shape index (κ3) is 2.59. The number of thiazole rings is 1. The first-order valence-electron chi connectivity index (χ1n) is 6.30. The first-order valence-corrected chi connectivity index (χ1v) is 7.18. The van der Waals surface area contributed by atoms with Crippen LogP contribution in [0.15, 0.2) is 17.6 Å². The van der Waals surface area contributed by atoms with E-state index in [1.807, 2.05) is 32.9 Å². The molecule has 0 fully saturated rings. The predicted octanol–water partition coefficient (Wildman–Crippen LogP) is 3.31. The van der Waals surface area contributed by atoms with E-state index in [2.05, 4.69) is 10.3 Å². The maximum atomic E-state index is 11.4. The van der Waals surface area contributed by atoms with Gasteiger partial charge < -0.3 is 5.32 Å². The molecule has 5 nitrogen and oxygen atoms in total. The smallest absolute Gasteiger partial charge is 0.299 e. The van der Waals surface area contributed by atoms with Crippen molar-refractivity contribution in [2.75, 3.05) is 6.54 Å². The van der Waals surface area contributed by atoms with Crippen molar-refractivity contribution in [3.05, 3.63) is 33.3 Å². The number of fused-ring (bicyclic) bond motifs is 1. The average molecular weight is 279 g/mol. The second kappa shape index (κ2) is 5.63. The highest BCUT2D eigenvalue weighted by Crippen LogP contribution is 2.35. The average Bonchev–Trinajstić information content (AvgIpc) is 2.84. The second-order valence-electron chi connectivity index (χ2n) is 4.59. The first kappa shape index (κ1) is 13.9. The van der Waals surface area contributed by atoms with Gasteiger partial charge in [-0.25, -0.2) is 4.98 Å². The van der Waals surface area contributed by atoms with E-state index >= 15 is 0 Å². The van der Waals surface area contributed by atoms with Crippen molar-refractivity contribution >= 4 is 27.2 Å². The Hall–Kier alpha value is -1.53. The highest BCUT2D eigenvalue weighted by Gasteiger charge is 2.26. The summed E-state index contributed by atoms with van der Waals surface area (Å²) in [6, 6.07) is 3.96. The summed E-state index contributed by atoms with van der Waals surface area (Å²) >= 11 is 1.43. The molecule has 19 heavy (non-hydrogen) atoms. The van der Waals surface area contributed by atoms with Crippen LogP contribution in [0, 0.1) is 10.1 Å². The Kier molecular flexibility index (Phi) is 4.11. The van der Waals surface area contributed by atoms with Crippen LogP contribution < -0.4 is 5.32 Å². The molecule has 1 N–H and O–H groups in total. The minimum Gasteiger partial charge on any atom is -0.314 e. The van der Waals surface area contributed by atoms with E-state index in [1.54, 1.807) is 5.51 Å². The largest absolute Gasteiger partial charge is 0.314 e. The van der Waals surface area contributed by atoms with E-state index in [1.165, 1.54) is 11.3 Å². The van der Waals surface area contributed by atoms with Gasteiger partial charge in [0.1, 0.15) is 0 Å². The van der Waals surface area contributed by atoms with Crippen molar-refractivity contribution < 1.29 is 4.92 Å². The fourth-order valence-corrected chi connectivity index (χ4v) is 2.94. The van der Waals surface area contributed by atoms with Crippen LogP contribution >= 0.6 is 11.3 Å². The Bertz CT molecular complexity index is 597. The highest BCUT2D eigenvalue weighted by atomic mass is 32.1. The summed E-state index contributed by atoms with van der Waals surface area (Å²) in [4.78, 5) is 15.2. The van der Waals surface area contributed by atoms with Crippen molar-refractivity contribution in [2.24, 2.45) is 0 Å². The van der Waals surface area contributed by atoms with Gasteiger partial charge in [-0.15, -0.1) is 11.3 Å². The monoisotopic (exact) mass is 279 g/mol.